The Bertz CT molecular complexity index is 213. The van der Waals surface area contributed by atoms with Crippen molar-refractivity contribution in [2.45, 2.75) is 52.1 Å². The first-order chi connectivity index (χ1) is 7.11. The highest BCUT2D eigenvalue weighted by molar-refractivity contribution is 5.87. The SMILES string of the molecule is C=C(C)C(=O)OC1CCCCC1.C=CC. The lowest BCUT2D eigenvalue weighted by Crippen LogP contribution is -2.20. The Labute approximate surface area is 93.0 Å². The molecule has 1 rings (SSSR count). The molecule has 1 aliphatic rings. The molecule has 0 aromatic rings. The van der Waals surface area contributed by atoms with E-state index in [9.17, 15) is 4.79 Å². The van der Waals surface area contributed by atoms with Crippen molar-refractivity contribution in [3.05, 3.63) is 24.8 Å². The summed E-state index contributed by atoms with van der Waals surface area (Å²) < 4.78 is 5.21. The monoisotopic (exact) mass is 210 g/mol. The van der Waals surface area contributed by atoms with Gasteiger partial charge in [0.1, 0.15) is 6.10 Å². The van der Waals surface area contributed by atoms with Gasteiger partial charge in [0.25, 0.3) is 0 Å². The molecule has 1 saturated carbocycles. The molecule has 0 aliphatic heterocycles. The van der Waals surface area contributed by atoms with Gasteiger partial charge in [0.15, 0.2) is 0 Å². The van der Waals surface area contributed by atoms with Crippen LogP contribution in [-0.2, 0) is 9.53 Å². The van der Waals surface area contributed by atoms with Gasteiger partial charge >= 0.3 is 5.97 Å². The molecule has 0 aromatic carbocycles. The van der Waals surface area contributed by atoms with Gasteiger partial charge in [-0.1, -0.05) is 19.1 Å². The number of carbonyl (C=O) groups excluding carboxylic acids is 1. The van der Waals surface area contributed by atoms with Crippen LogP contribution in [0.4, 0.5) is 0 Å². The van der Waals surface area contributed by atoms with E-state index >= 15 is 0 Å². The first kappa shape index (κ1) is 13.9. The fraction of sp³-hybridized carbons (Fsp3) is 0.615. The van der Waals surface area contributed by atoms with Crippen molar-refractivity contribution in [1.82, 2.24) is 0 Å². The van der Waals surface area contributed by atoms with E-state index in [0.29, 0.717) is 5.57 Å². The molecule has 0 heterocycles. The van der Waals surface area contributed by atoms with E-state index in [2.05, 4.69) is 13.2 Å². The van der Waals surface area contributed by atoms with Crippen LogP contribution in [0.2, 0.25) is 0 Å². The topological polar surface area (TPSA) is 26.3 Å². The van der Waals surface area contributed by atoms with Gasteiger partial charge in [-0.05, 0) is 39.5 Å². The molecule has 0 radical (unpaired) electrons. The summed E-state index contributed by atoms with van der Waals surface area (Å²) in [7, 11) is 0. The molecule has 0 atom stereocenters. The number of ether oxygens (including phenoxy) is 1. The maximum Gasteiger partial charge on any atom is 0.333 e. The standard InChI is InChI=1S/C10H16O2.C3H6/c1-8(2)10(11)12-9-6-4-3-5-7-9;1-3-2/h9H,1,3-7H2,2H3;3H,1H2,2H3. The van der Waals surface area contributed by atoms with Crippen LogP contribution in [0.15, 0.2) is 24.8 Å². The molecular weight excluding hydrogens is 188 g/mol. The minimum atomic E-state index is -0.234. The predicted octanol–water partition coefficient (Wildman–Crippen LogP) is 3.63. The number of carbonyl (C=O) groups is 1. The largest absolute Gasteiger partial charge is 0.459 e. The highest BCUT2D eigenvalue weighted by Crippen LogP contribution is 2.20. The average molecular weight is 210 g/mol. The van der Waals surface area contributed by atoms with E-state index in [1.165, 1.54) is 19.3 Å². The number of hydrogen-bond acceptors (Lipinski definition) is 2. The van der Waals surface area contributed by atoms with Crippen LogP contribution in [0.3, 0.4) is 0 Å². The van der Waals surface area contributed by atoms with Gasteiger partial charge in [-0.3, -0.25) is 0 Å². The molecule has 0 spiro atoms. The van der Waals surface area contributed by atoms with E-state index in [1.54, 1.807) is 13.0 Å². The summed E-state index contributed by atoms with van der Waals surface area (Å²) in [6.45, 7) is 10.5. The fourth-order valence-electron chi connectivity index (χ4n) is 1.43. The second-order valence-corrected chi connectivity index (χ2v) is 3.85. The van der Waals surface area contributed by atoms with Crippen molar-refractivity contribution in [1.29, 1.82) is 0 Å². The van der Waals surface area contributed by atoms with Crippen molar-refractivity contribution in [2.24, 2.45) is 0 Å². The first-order valence-corrected chi connectivity index (χ1v) is 5.55. The minimum Gasteiger partial charge on any atom is -0.459 e. The highest BCUT2D eigenvalue weighted by Gasteiger charge is 2.17. The van der Waals surface area contributed by atoms with E-state index < -0.39 is 0 Å². The lowest BCUT2D eigenvalue weighted by Gasteiger charge is -2.21. The van der Waals surface area contributed by atoms with E-state index in [1.807, 2.05) is 6.92 Å². The Morgan fingerprint density at radius 3 is 2.20 bits per heavy atom. The van der Waals surface area contributed by atoms with Crippen molar-refractivity contribution in [3.8, 4) is 0 Å². The highest BCUT2D eigenvalue weighted by atomic mass is 16.5. The third-order valence-corrected chi connectivity index (χ3v) is 2.17. The second-order valence-electron chi connectivity index (χ2n) is 3.85. The zero-order valence-electron chi connectivity index (χ0n) is 9.92. The van der Waals surface area contributed by atoms with E-state index in [0.717, 1.165) is 12.8 Å². The van der Waals surface area contributed by atoms with Crippen molar-refractivity contribution in [2.75, 3.05) is 0 Å². The Kier molecular flexibility index (Phi) is 7.69. The molecule has 0 N–H and O–H groups in total. The zero-order chi connectivity index (χ0) is 11.7. The molecule has 1 aliphatic carbocycles. The number of allylic oxidation sites excluding steroid dienone is 1. The molecule has 0 unspecified atom stereocenters. The molecule has 0 saturated heterocycles. The molecule has 2 nitrogen and oxygen atoms in total. The van der Waals surface area contributed by atoms with Crippen LogP contribution in [0, 0.1) is 0 Å². The van der Waals surface area contributed by atoms with Crippen molar-refractivity contribution >= 4 is 5.97 Å². The summed E-state index contributed by atoms with van der Waals surface area (Å²) in [5.41, 5.74) is 0.501. The van der Waals surface area contributed by atoms with Gasteiger partial charge in [-0.2, -0.15) is 0 Å². The van der Waals surface area contributed by atoms with Gasteiger partial charge in [0.2, 0.25) is 0 Å². The van der Waals surface area contributed by atoms with Gasteiger partial charge in [0.05, 0.1) is 0 Å². The third kappa shape index (κ3) is 6.95. The van der Waals surface area contributed by atoms with Gasteiger partial charge in [0, 0.05) is 5.57 Å². The van der Waals surface area contributed by atoms with Crippen molar-refractivity contribution < 1.29 is 9.53 Å². The van der Waals surface area contributed by atoms with Crippen LogP contribution in [0.1, 0.15) is 46.0 Å². The van der Waals surface area contributed by atoms with Crippen LogP contribution >= 0.6 is 0 Å². The molecule has 1 fully saturated rings. The summed E-state index contributed by atoms with van der Waals surface area (Å²) in [6.07, 6.45) is 7.62. The lowest BCUT2D eigenvalue weighted by molar-refractivity contribution is -0.145. The molecule has 86 valence electrons. The van der Waals surface area contributed by atoms with Crippen LogP contribution < -0.4 is 0 Å². The van der Waals surface area contributed by atoms with Gasteiger partial charge in [-0.25, -0.2) is 4.79 Å². The molecular formula is C13H22O2. The second kappa shape index (κ2) is 8.27. The molecule has 0 bridgehead atoms. The molecule has 2 heteroatoms. The summed E-state index contributed by atoms with van der Waals surface area (Å²) >= 11 is 0. The van der Waals surface area contributed by atoms with Gasteiger partial charge < -0.3 is 4.74 Å². The van der Waals surface area contributed by atoms with E-state index in [4.69, 9.17) is 4.74 Å². The third-order valence-electron chi connectivity index (χ3n) is 2.17. The maximum atomic E-state index is 11.1. The van der Waals surface area contributed by atoms with E-state index in [-0.39, 0.29) is 12.1 Å². The van der Waals surface area contributed by atoms with Crippen molar-refractivity contribution in [3.63, 3.8) is 0 Å². The summed E-state index contributed by atoms with van der Waals surface area (Å²) in [5, 5.41) is 0. The number of esters is 1. The van der Waals surface area contributed by atoms with Gasteiger partial charge in [-0.15, -0.1) is 6.58 Å². The average Bonchev–Trinajstić information content (AvgIpc) is 2.20. The van der Waals surface area contributed by atoms with Crippen LogP contribution in [0.25, 0.3) is 0 Å². The molecule has 0 aromatic heterocycles. The lowest BCUT2D eigenvalue weighted by atomic mass is 9.98. The number of hydrogen-bond donors (Lipinski definition) is 0. The quantitative estimate of drug-likeness (QED) is 0.395. The first-order valence-electron chi connectivity index (χ1n) is 5.55. The molecule has 0 amide bonds. The Morgan fingerprint density at radius 2 is 1.80 bits per heavy atom. The summed E-state index contributed by atoms with van der Waals surface area (Å²) in [5.74, 6) is -0.234. The smallest absolute Gasteiger partial charge is 0.333 e. The summed E-state index contributed by atoms with van der Waals surface area (Å²) in [6, 6.07) is 0. The summed E-state index contributed by atoms with van der Waals surface area (Å²) in [4.78, 5) is 11.1. The number of rotatable bonds is 2. The zero-order valence-corrected chi connectivity index (χ0v) is 9.92. The Balaban J connectivity index is 0.000000583. The minimum absolute atomic E-state index is 0.156. The Hall–Kier alpha value is -1.05. The fourth-order valence-corrected chi connectivity index (χ4v) is 1.43. The van der Waals surface area contributed by atoms with Crippen LogP contribution in [-0.4, -0.2) is 12.1 Å². The molecule has 15 heavy (non-hydrogen) atoms. The maximum absolute atomic E-state index is 11.1. The normalized spacial score (nSPS) is 15.9. The predicted molar refractivity (Wildman–Crippen MR) is 63.7 cm³/mol. The Morgan fingerprint density at radius 1 is 1.33 bits per heavy atom. The van der Waals surface area contributed by atoms with Crippen LogP contribution in [0.5, 0.6) is 0 Å².